The summed E-state index contributed by atoms with van der Waals surface area (Å²) in [5.41, 5.74) is 9.30. The van der Waals surface area contributed by atoms with Crippen LogP contribution in [0, 0.1) is 6.92 Å². The van der Waals surface area contributed by atoms with Crippen molar-refractivity contribution in [2.45, 2.75) is 20.4 Å². The van der Waals surface area contributed by atoms with Crippen molar-refractivity contribution in [2.75, 3.05) is 24.8 Å². The van der Waals surface area contributed by atoms with Crippen molar-refractivity contribution in [3.05, 3.63) is 56.1 Å². The molecule has 0 saturated heterocycles. The minimum Gasteiger partial charge on any atom is -0.494 e. The first-order valence-electron chi connectivity index (χ1n) is 10.9. The lowest BCUT2D eigenvalue weighted by Gasteiger charge is -2.28. The summed E-state index contributed by atoms with van der Waals surface area (Å²) in [5, 5.41) is 22.1. The van der Waals surface area contributed by atoms with E-state index in [1.807, 2.05) is 0 Å². The number of rotatable bonds is 13. The van der Waals surface area contributed by atoms with Crippen LogP contribution < -0.4 is 17.0 Å². The standard InChI is InChI=1S/C21H26N4O12S2/c1-11-13(18(27)25(7-9-39(32,33)34)20(29)15(11)17(23)26)4-3-5-14-12(2)16(35-10-22)21(30)24(19(14)28)6-8-38-37-36-31/h3-5,29,31H,6-10,22H2,1-2H3,(H2,23,26)(H,32,33,34). The molecular weight excluding hydrogens is 564 g/mol. The number of pyridine rings is 1. The first kappa shape index (κ1) is 31.7. The molecule has 16 nitrogen and oxygen atoms in total. The number of nitrogens with zero attached hydrogens (tertiary/aromatic N) is 2. The Morgan fingerprint density at radius 2 is 1.82 bits per heavy atom. The third kappa shape index (κ3) is 7.53. The smallest absolute Gasteiger partial charge is 0.296 e. The molecule has 0 saturated carbocycles. The van der Waals surface area contributed by atoms with Crippen LogP contribution in [-0.2, 0) is 40.4 Å². The number of primary amides is 1. The van der Waals surface area contributed by atoms with Crippen LogP contribution in [0.2, 0.25) is 0 Å². The molecular formula is C21H26N4O12S2. The Morgan fingerprint density at radius 3 is 2.38 bits per heavy atom. The van der Waals surface area contributed by atoms with Gasteiger partial charge in [0.2, 0.25) is 5.88 Å². The molecule has 0 aliphatic carbocycles. The summed E-state index contributed by atoms with van der Waals surface area (Å²) in [5.74, 6) is -4.61. The predicted molar refractivity (Wildman–Crippen MR) is 136 cm³/mol. The fourth-order valence-corrected chi connectivity index (χ4v) is 4.41. The molecule has 1 aliphatic heterocycles. The highest BCUT2D eigenvalue weighted by Gasteiger charge is 2.36. The van der Waals surface area contributed by atoms with Crippen molar-refractivity contribution in [3.63, 3.8) is 0 Å². The van der Waals surface area contributed by atoms with Gasteiger partial charge in [0.05, 0.1) is 5.75 Å². The summed E-state index contributed by atoms with van der Waals surface area (Å²) >= 11 is 0.616. The molecule has 0 spiro atoms. The summed E-state index contributed by atoms with van der Waals surface area (Å²) in [4.78, 5) is 51.6. The summed E-state index contributed by atoms with van der Waals surface area (Å²) < 4.78 is 41.4. The molecule has 0 bridgehead atoms. The van der Waals surface area contributed by atoms with Crippen LogP contribution in [0.15, 0.2) is 33.9 Å². The molecule has 0 atom stereocenters. The van der Waals surface area contributed by atoms with Crippen LogP contribution in [-0.4, -0.2) is 75.3 Å². The second kappa shape index (κ2) is 13.5. The van der Waals surface area contributed by atoms with Gasteiger partial charge in [-0.2, -0.15) is 8.42 Å². The van der Waals surface area contributed by atoms with E-state index in [0.29, 0.717) is 16.6 Å². The monoisotopic (exact) mass is 590 g/mol. The lowest BCUT2D eigenvalue weighted by molar-refractivity contribution is -0.432. The molecule has 7 N–H and O–H groups in total. The van der Waals surface area contributed by atoms with E-state index < -0.39 is 57.1 Å². The normalized spacial score (nSPS) is 15.6. The highest BCUT2D eigenvalue weighted by molar-refractivity contribution is 7.94. The molecule has 0 radical (unpaired) electrons. The van der Waals surface area contributed by atoms with E-state index in [1.165, 1.54) is 32.1 Å². The Balaban J connectivity index is 2.59. The maximum Gasteiger partial charge on any atom is 0.296 e. The number of aromatic hydroxyl groups is 1. The van der Waals surface area contributed by atoms with Crippen molar-refractivity contribution in [1.29, 1.82) is 0 Å². The largest absolute Gasteiger partial charge is 0.494 e. The first-order chi connectivity index (χ1) is 18.3. The predicted octanol–water partition coefficient (Wildman–Crippen LogP) is -0.566. The number of amides is 3. The quantitative estimate of drug-likeness (QED) is 0.0282. The highest BCUT2D eigenvalue weighted by atomic mass is 32.2. The van der Waals surface area contributed by atoms with E-state index >= 15 is 0 Å². The van der Waals surface area contributed by atoms with Gasteiger partial charge in [-0.25, -0.2) is 5.26 Å². The van der Waals surface area contributed by atoms with Crippen LogP contribution in [0.1, 0.15) is 28.4 Å². The zero-order valence-corrected chi connectivity index (χ0v) is 22.3. The highest BCUT2D eigenvalue weighted by Crippen LogP contribution is 2.27. The molecule has 2 rings (SSSR count). The lowest BCUT2D eigenvalue weighted by Crippen LogP contribution is -2.44. The van der Waals surface area contributed by atoms with Crippen LogP contribution in [0.3, 0.4) is 0 Å². The summed E-state index contributed by atoms with van der Waals surface area (Å²) in [6.07, 6.45) is 3.70. The average Bonchev–Trinajstić information content (AvgIpc) is 2.84. The van der Waals surface area contributed by atoms with Gasteiger partial charge in [0, 0.05) is 47.6 Å². The van der Waals surface area contributed by atoms with Crippen LogP contribution >= 0.6 is 12.0 Å². The average molecular weight is 591 g/mol. The SMILES string of the molecule is CC1=C(OCN)C(=O)N(CCSOOO)C(=O)C1=CC=Cc1c(C)c(C(N)=O)c(O)n(CCS(=O)(=O)O)c1=O. The van der Waals surface area contributed by atoms with Crippen molar-refractivity contribution in [3.8, 4) is 5.88 Å². The fraction of sp³-hybridized carbons (Fsp3) is 0.333. The summed E-state index contributed by atoms with van der Waals surface area (Å²) in [6, 6.07) is 0. The molecule has 0 unspecified atom stereocenters. The van der Waals surface area contributed by atoms with E-state index in [2.05, 4.69) is 9.37 Å². The maximum absolute atomic E-state index is 13.1. The van der Waals surface area contributed by atoms with Gasteiger partial charge in [0.25, 0.3) is 33.4 Å². The number of ether oxygens (including phenoxy) is 1. The van der Waals surface area contributed by atoms with Gasteiger partial charge in [-0.15, -0.1) is 4.33 Å². The van der Waals surface area contributed by atoms with Gasteiger partial charge in [-0.3, -0.25) is 38.9 Å². The molecule has 3 amide bonds. The summed E-state index contributed by atoms with van der Waals surface area (Å²) in [7, 11) is -4.52. The minimum atomic E-state index is -4.52. The number of carbonyl (C=O) groups is 3. The number of imide groups is 1. The van der Waals surface area contributed by atoms with E-state index in [4.69, 9.17) is 26.0 Å². The van der Waals surface area contributed by atoms with E-state index in [0.717, 1.165) is 4.90 Å². The Bertz CT molecular complexity index is 1410. The number of hydrogen-bond donors (Lipinski definition) is 5. The molecule has 39 heavy (non-hydrogen) atoms. The van der Waals surface area contributed by atoms with Gasteiger partial charge in [0.15, 0.2) is 5.76 Å². The second-order valence-corrected chi connectivity index (χ2v) is 10.1. The van der Waals surface area contributed by atoms with Crippen molar-refractivity contribution in [2.24, 2.45) is 11.5 Å². The molecule has 1 aromatic heterocycles. The van der Waals surface area contributed by atoms with Gasteiger partial charge in [-0.05, 0) is 31.6 Å². The van der Waals surface area contributed by atoms with E-state index in [9.17, 15) is 32.7 Å². The van der Waals surface area contributed by atoms with Crippen LogP contribution in [0.5, 0.6) is 5.88 Å². The van der Waals surface area contributed by atoms with Gasteiger partial charge in [0.1, 0.15) is 12.3 Å². The summed E-state index contributed by atoms with van der Waals surface area (Å²) in [6.45, 7) is 1.53. The number of hydrogen-bond acceptors (Lipinski definition) is 13. The molecule has 0 fully saturated rings. The molecule has 2 heterocycles. The lowest BCUT2D eigenvalue weighted by atomic mass is 9.98. The molecule has 1 aliphatic rings. The minimum absolute atomic E-state index is 0.0157. The first-order valence-corrected chi connectivity index (χ1v) is 13.4. The zero-order valence-electron chi connectivity index (χ0n) is 20.6. The maximum atomic E-state index is 13.1. The third-order valence-corrected chi connectivity index (χ3v) is 6.65. The molecule has 18 heteroatoms. The van der Waals surface area contributed by atoms with Gasteiger partial charge < -0.3 is 15.6 Å². The fourth-order valence-electron chi connectivity index (χ4n) is 3.63. The van der Waals surface area contributed by atoms with Crippen molar-refractivity contribution >= 4 is 46.0 Å². The van der Waals surface area contributed by atoms with Crippen LogP contribution in [0.25, 0.3) is 6.08 Å². The Hall–Kier alpha value is -3.52. The topological polar surface area (TPSA) is 251 Å². The molecule has 214 valence electrons. The van der Waals surface area contributed by atoms with Gasteiger partial charge in [-0.1, -0.05) is 11.1 Å². The molecule has 0 aromatic carbocycles. The number of aromatic nitrogens is 1. The van der Waals surface area contributed by atoms with Crippen LogP contribution in [0.4, 0.5) is 0 Å². The Labute approximate surface area is 225 Å². The molecule has 1 aromatic rings. The Kier molecular flexibility index (Phi) is 11.0. The van der Waals surface area contributed by atoms with E-state index in [1.54, 1.807) is 0 Å². The Morgan fingerprint density at radius 1 is 1.15 bits per heavy atom. The van der Waals surface area contributed by atoms with Gasteiger partial charge >= 0.3 is 0 Å². The number of carbonyl (C=O) groups excluding carboxylic acids is 3. The number of nitrogens with two attached hydrogens (primary N) is 2. The third-order valence-electron chi connectivity index (χ3n) is 5.44. The van der Waals surface area contributed by atoms with Crippen molar-refractivity contribution in [1.82, 2.24) is 9.47 Å². The van der Waals surface area contributed by atoms with E-state index in [-0.39, 0.29) is 47.1 Å². The van der Waals surface area contributed by atoms with Crippen molar-refractivity contribution < 1.29 is 51.8 Å². The number of allylic oxidation sites excluding steroid dienone is 2. The second-order valence-electron chi connectivity index (χ2n) is 7.78. The zero-order chi connectivity index (χ0) is 29.5.